The third-order valence-electron chi connectivity index (χ3n) is 5.97. The topological polar surface area (TPSA) is 156 Å². The van der Waals surface area contributed by atoms with Crippen LogP contribution in [0.3, 0.4) is 0 Å². The normalized spacial score (nSPS) is 11.4. The summed E-state index contributed by atoms with van der Waals surface area (Å²) in [5, 5.41) is 9.87. The molecular formula is C29H26ClN5O5S. The number of aliphatic carboxylic acids is 1. The Kier molecular flexibility index (Phi) is 9.00. The first-order valence-corrected chi connectivity index (χ1v) is 14.2. The average molecular weight is 592 g/mol. The van der Waals surface area contributed by atoms with Crippen LogP contribution < -0.4 is 11.3 Å². The minimum atomic E-state index is -4.07. The number of nitrogens with one attached hydrogen (secondary N) is 1. The van der Waals surface area contributed by atoms with Gasteiger partial charge in [0.2, 0.25) is 10.0 Å². The molecule has 0 aliphatic carbocycles. The number of fused-ring (bicyclic) bond motifs is 1. The Labute approximate surface area is 242 Å². The van der Waals surface area contributed by atoms with Crippen molar-refractivity contribution in [3.63, 3.8) is 0 Å². The molecule has 0 unspecified atom stereocenters. The summed E-state index contributed by atoms with van der Waals surface area (Å²) in [4.78, 5) is 32.1. The van der Waals surface area contributed by atoms with E-state index in [4.69, 9.17) is 17.4 Å². The first-order valence-electron chi connectivity index (χ1n) is 12.4. The van der Waals surface area contributed by atoms with Crippen molar-refractivity contribution in [3.8, 4) is 23.1 Å². The molecule has 4 rings (SSSR count). The standard InChI is InChI=1S/C29H26ClN5O5S/c1-18(2)16-35(17-28(36)37)41(39,40)22-10-9-20(25(30)13-22)6-3-19-4-7-21(8-5-19)27-14-23(29(38)34-31)24-15-32-12-11-26(24)33-27/h4-5,7-15,18H,16-17,31H2,1-2H3,(H,34,38)(H,36,37). The van der Waals surface area contributed by atoms with E-state index in [0.717, 1.165) is 9.87 Å². The van der Waals surface area contributed by atoms with E-state index in [-0.39, 0.29) is 22.4 Å². The highest BCUT2D eigenvalue weighted by Gasteiger charge is 2.27. The number of halogens is 1. The fourth-order valence-electron chi connectivity index (χ4n) is 4.06. The lowest BCUT2D eigenvalue weighted by Gasteiger charge is -2.22. The molecule has 0 aliphatic heterocycles. The maximum absolute atomic E-state index is 13.1. The minimum absolute atomic E-state index is 0.0528. The van der Waals surface area contributed by atoms with Gasteiger partial charge < -0.3 is 5.11 Å². The zero-order valence-electron chi connectivity index (χ0n) is 22.1. The second kappa shape index (κ2) is 12.4. The molecule has 2 heterocycles. The van der Waals surface area contributed by atoms with Crippen LogP contribution in [0.5, 0.6) is 0 Å². The Morgan fingerprint density at radius 2 is 1.83 bits per heavy atom. The number of aromatic nitrogens is 2. The summed E-state index contributed by atoms with van der Waals surface area (Å²) in [6.07, 6.45) is 3.15. The van der Waals surface area contributed by atoms with E-state index >= 15 is 0 Å². The molecule has 4 aromatic rings. The average Bonchev–Trinajstić information content (AvgIpc) is 2.95. The number of carboxylic acids is 1. The van der Waals surface area contributed by atoms with Crippen LogP contribution >= 0.6 is 11.6 Å². The van der Waals surface area contributed by atoms with E-state index in [1.807, 2.05) is 12.1 Å². The monoisotopic (exact) mass is 591 g/mol. The Bertz CT molecular complexity index is 1800. The molecular weight excluding hydrogens is 566 g/mol. The molecule has 0 saturated carbocycles. The molecule has 12 heteroatoms. The predicted molar refractivity (Wildman–Crippen MR) is 155 cm³/mol. The lowest BCUT2D eigenvalue weighted by Crippen LogP contribution is -2.38. The van der Waals surface area contributed by atoms with Crippen molar-refractivity contribution in [2.75, 3.05) is 13.1 Å². The van der Waals surface area contributed by atoms with Crippen LogP contribution in [-0.4, -0.2) is 52.8 Å². The van der Waals surface area contributed by atoms with Crippen LogP contribution in [0.2, 0.25) is 5.02 Å². The lowest BCUT2D eigenvalue weighted by molar-refractivity contribution is -0.137. The molecule has 2 aromatic carbocycles. The van der Waals surface area contributed by atoms with Gasteiger partial charge >= 0.3 is 5.97 Å². The van der Waals surface area contributed by atoms with Crippen molar-refractivity contribution < 1.29 is 23.1 Å². The fraction of sp³-hybridized carbons (Fsp3) is 0.172. The number of nitrogen functional groups attached to an aromatic ring is 1. The molecule has 0 fully saturated rings. The number of hydrogen-bond donors (Lipinski definition) is 3. The summed E-state index contributed by atoms with van der Waals surface area (Å²) in [5.41, 5.74) is 5.47. The highest BCUT2D eigenvalue weighted by Crippen LogP contribution is 2.26. The lowest BCUT2D eigenvalue weighted by atomic mass is 10.0. The van der Waals surface area contributed by atoms with Crippen LogP contribution in [0.25, 0.3) is 22.2 Å². The summed E-state index contributed by atoms with van der Waals surface area (Å²) in [5.74, 6) is 9.52. The molecule has 0 radical (unpaired) electrons. The van der Waals surface area contributed by atoms with Crippen molar-refractivity contribution >= 4 is 44.4 Å². The number of sulfonamides is 1. The van der Waals surface area contributed by atoms with Gasteiger partial charge in [-0.1, -0.05) is 49.4 Å². The third kappa shape index (κ3) is 6.87. The molecule has 1 amide bonds. The number of benzene rings is 2. The van der Waals surface area contributed by atoms with Crippen LogP contribution in [-0.2, 0) is 14.8 Å². The summed E-state index contributed by atoms with van der Waals surface area (Å²) in [6.45, 7) is 3.01. The highest BCUT2D eigenvalue weighted by atomic mass is 35.5. The minimum Gasteiger partial charge on any atom is -0.480 e. The zero-order valence-corrected chi connectivity index (χ0v) is 23.7. The number of carbonyl (C=O) groups excluding carboxylic acids is 1. The molecule has 0 bridgehead atoms. The van der Waals surface area contributed by atoms with Crippen molar-refractivity contribution in [1.29, 1.82) is 0 Å². The van der Waals surface area contributed by atoms with Gasteiger partial charge in [-0.3, -0.25) is 20.0 Å². The molecule has 10 nitrogen and oxygen atoms in total. The summed E-state index contributed by atoms with van der Waals surface area (Å²) >= 11 is 6.37. The number of hydrogen-bond acceptors (Lipinski definition) is 7. The van der Waals surface area contributed by atoms with Crippen molar-refractivity contribution in [2.24, 2.45) is 11.8 Å². The molecule has 0 spiro atoms. The Balaban J connectivity index is 1.59. The summed E-state index contributed by atoms with van der Waals surface area (Å²) < 4.78 is 27.1. The number of nitrogens with zero attached hydrogens (tertiary/aromatic N) is 3. The number of carboxylic acid groups (broad SMARTS) is 1. The quantitative estimate of drug-likeness (QED) is 0.121. The maximum atomic E-state index is 13.1. The highest BCUT2D eigenvalue weighted by molar-refractivity contribution is 7.89. The van der Waals surface area contributed by atoms with Gasteiger partial charge in [-0.15, -0.1) is 0 Å². The number of nitrogens with two attached hydrogens (primary N) is 1. The third-order valence-corrected chi connectivity index (χ3v) is 8.09. The van der Waals surface area contributed by atoms with Crippen LogP contribution in [0.15, 0.2) is 71.9 Å². The number of carbonyl (C=O) groups is 2. The van der Waals surface area contributed by atoms with Crippen LogP contribution in [0, 0.1) is 17.8 Å². The van der Waals surface area contributed by atoms with Gasteiger partial charge in [0.1, 0.15) is 6.54 Å². The van der Waals surface area contributed by atoms with Gasteiger partial charge in [0.15, 0.2) is 0 Å². The number of rotatable bonds is 8. The smallest absolute Gasteiger partial charge is 0.318 e. The Morgan fingerprint density at radius 1 is 1.10 bits per heavy atom. The molecule has 0 atom stereocenters. The summed E-state index contributed by atoms with van der Waals surface area (Å²) in [7, 11) is -4.07. The molecule has 210 valence electrons. The summed E-state index contributed by atoms with van der Waals surface area (Å²) in [6, 6.07) is 14.7. The van der Waals surface area contributed by atoms with Crippen molar-refractivity contribution in [1.82, 2.24) is 19.7 Å². The van der Waals surface area contributed by atoms with Gasteiger partial charge in [-0.2, -0.15) is 4.31 Å². The van der Waals surface area contributed by atoms with Gasteiger partial charge in [-0.05, 0) is 48.4 Å². The Morgan fingerprint density at radius 3 is 2.46 bits per heavy atom. The van der Waals surface area contributed by atoms with E-state index in [0.29, 0.717) is 33.3 Å². The van der Waals surface area contributed by atoms with Gasteiger partial charge in [0.25, 0.3) is 5.91 Å². The second-order valence-corrected chi connectivity index (χ2v) is 11.8. The fourth-order valence-corrected chi connectivity index (χ4v) is 5.93. The van der Waals surface area contributed by atoms with Crippen molar-refractivity contribution in [2.45, 2.75) is 18.7 Å². The van der Waals surface area contributed by atoms with Crippen LogP contribution in [0.4, 0.5) is 0 Å². The number of amides is 1. The molecule has 41 heavy (non-hydrogen) atoms. The zero-order chi connectivity index (χ0) is 29.7. The SMILES string of the molecule is CC(C)CN(CC(=O)O)S(=O)(=O)c1ccc(C#Cc2ccc(-c3cc(C(=O)NN)c4cnccc4n3)cc2)c(Cl)c1. The number of pyridine rings is 2. The number of hydrazine groups is 1. The maximum Gasteiger partial charge on any atom is 0.318 e. The first kappa shape index (κ1) is 29.6. The van der Waals surface area contributed by atoms with Gasteiger partial charge in [-0.25, -0.2) is 19.2 Å². The van der Waals surface area contributed by atoms with Crippen molar-refractivity contribution in [3.05, 3.63) is 88.7 Å². The predicted octanol–water partition coefficient (Wildman–Crippen LogP) is 3.68. The Hall–Kier alpha value is -4.34. The van der Waals surface area contributed by atoms with Gasteiger partial charge in [0, 0.05) is 41.0 Å². The molecule has 2 aromatic heterocycles. The van der Waals surface area contributed by atoms with Crippen LogP contribution in [0.1, 0.15) is 35.3 Å². The largest absolute Gasteiger partial charge is 0.480 e. The van der Waals surface area contributed by atoms with E-state index in [1.54, 1.807) is 50.5 Å². The van der Waals surface area contributed by atoms with E-state index in [9.17, 15) is 23.1 Å². The first-order chi connectivity index (χ1) is 19.5. The second-order valence-electron chi connectivity index (χ2n) is 9.48. The molecule has 0 aliphatic rings. The van der Waals surface area contributed by atoms with E-state index in [2.05, 4.69) is 27.2 Å². The molecule has 0 saturated heterocycles. The van der Waals surface area contributed by atoms with Gasteiger partial charge in [0.05, 0.1) is 26.7 Å². The van der Waals surface area contributed by atoms with E-state index < -0.39 is 28.4 Å². The molecule has 4 N–H and O–H groups in total. The van der Waals surface area contributed by atoms with E-state index in [1.165, 1.54) is 18.2 Å².